The van der Waals surface area contributed by atoms with Crippen LogP contribution in [0.1, 0.15) is 16.7 Å². The molecule has 0 radical (unpaired) electrons. The van der Waals surface area contributed by atoms with Crippen LogP contribution in [0.25, 0.3) is 17.0 Å². The van der Waals surface area contributed by atoms with Crippen molar-refractivity contribution in [2.45, 2.75) is 13.5 Å². The van der Waals surface area contributed by atoms with Crippen LogP contribution in [0.15, 0.2) is 94.7 Å². The minimum absolute atomic E-state index is 0.00655. The Morgan fingerprint density at radius 2 is 1.82 bits per heavy atom. The van der Waals surface area contributed by atoms with Gasteiger partial charge in [0.2, 0.25) is 5.17 Å². The molecule has 3 aromatic carbocycles. The number of carbonyl (C=O) groups is 1. The fraction of sp³-hybridized carbons (Fsp3) is 0.103. The first-order valence-electron chi connectivity index (χ1n) is 12.0. The van der Waals surface area contributed by atoms with E-state index in [1.807, 2.05) is 85.9 Å². The number of aromatic nitrogens is 1. The SMILES string of the molecule is Cc1ccccc1OCC1=NN2C(=N)/C(=C/c3cn(Cc4ccc(Cl)cc4)c4ccccc34)C(=O)N=C2S1. The summed E-state index contributed by atoms with van der Waals surface area (Å²) in [6.45, 7) is 2.85. The lowest BCUT2D eigenvalue weighted by atomic mass is 10.1. The summed E-state index contributed by atoms with van der Waals surface area (Å²) in [4.78, 5) is 17.2. The van der Waals surface area contributed by atoms with E-state index in [-0.39, 0.29) is 18.0 Å². The molecule has 0 spiro atoms. The zero-order valence-corrected chi connectivity index (χ0v) is 22.0. The Morgan fingerprint density at radius 1 is 1.05 bits per heavy atom. The van der Waals surface area contributed by atoms with Crippen LogP contribution < -0.4 is 4.74 Å². The lowest BCUT2D eigenvalue weighted by Crippen LogP contribution is -2.35. The molecule has 188 valence electrons. The highest BCUT2D eigenvalue weighted by molar-refractivity contribution is 8.27. The fourth-order valence-electron chi connectivity index (χ4n) is 4.41. The van der Waals surface area contributed by atoms with E-state index in [1.165, 1.54) is 16.8 Å². The van der Waals surface area contributed by atoms with Crippen molar-refractivity contribution in [3.63, 3.8) is 0 Å². The largest absolute Gasteiger partial charge is 0.486 e. The molecule has 2 aliphatic rings. The molecular formula is C29H22ClN5O2S. The smallest absolute Gasteiger partial charge is 0.283 e. The number of fused-ring (bicyclic) bond motifs is 2. The number of nitrogens with one attached hydrogen (secondary N) is 1. The molecule has 1 aromatic heterocycles. The van der Waals surface area contributed by atoms with Crippen LogP contribution in [-0.4, -0.2) is 38.1 Å². The van der Waals surface area contributed by atoms with E-state index in [9.17, 15) is 4.79 Å². The number of halogens is 1. The highest BCUT2D eigenvalue weighted by atomic mass is 35.5. The second-order valence-corrected chi connectivity index (χ2v) is 10.4. The first kappa shape index (κ1) is 24.2. The number of ether oxygens (including phenoxy) is 1. The summed E-state index contributed by atoms with van der Waals surface area (Å²) < 4.78 is 8.03. The Hall–Kier alpha value is -4.14. The molecule has 3 heterocycles. The second kappa shape index (κ2) is 9.96. The van der Waals surface area contributed by atoms with E-state index >= 15 is 0 Å². The van der Waals surface area contributed by atoms with Gasteiger partial charge in [0.25, 0.3) is 5.91 Å². The Bertz CT molecular complexity index is 1690. The quantitative estimate of drug-likeness (QED) is 0.289. The number of carbonyl (C=O) groups excluding carboxylic acids is 1. The first-order chi connectivity index (χ1) is 18.5. The Kier molecular flexibility index (Phi) is 6.35. The molecule has 0 bridgehead atoms. The first-order valence-corrected chi connectivity index (χ1v) is 13.2. The average molecular weight is 540 g/mol. The number of hydrogen-bond donors (Lipinski definition) is 1. The molecule has 1 N–H and O–H groups in total. The van der Waals surface area contributed by atoms with Crippen molar-refractivity contribution in [3.8, 4) is 5.75 Å². The van der Waals surface area contributed by atoms with Crippen LogP contribution >= 0.6 is 23.4 Å². The van der Waals surface area contributed by atoms with Crippen LogP contribution in [0.3, 0.4) is 0 Å². The summed E-state index contributed by atoms with van der Waals surface area (Å²) in [5.74, 6) is 0.303. The van der Waals surface area contributed by atoms with Gasteiger partial charge < -0.3 is 9.30 Å². The van der Waals surface area contributed by atoms with Gasteiger partial charge in [-0.05, 0) is 60.2 Å². The molecule has 2 aliphatic heterocycles. The van der Waals surface area contributed by atoms with Crippen LogP contribution in [0.5, 0.6) is 5.75 Å². The lowest BCUT2D eigenvalue weighted by molar-refractivity contribution is -0.114. The number of aryl methyl sites for hydroxylation is 1. The van der Waals surface area contributed by atoms with E-state index in [0.29, 0.717) is 21.8 Å². The van der Waals surface area contributed by atoms with Gasteiger partial charge >= 0.3 is 0 Å². The average Bonchev–Trinajstić information content (AvgIpc) is 3.48. The number of amidine groups is 2. The van der Waals surface area contributed by atoms with Gasteiger partial charge in [-0.3, -0.25) is 10.2 Å². The number of amides is 1. The molecule has 7 nitrogen and oxygen atoms in total. The van der Waals surface area contributed by atoms with Crippen LogP contribution in [0.2, 0.25) is 5.02 Å². The van der Waals surface area contributed by atoms with Gasteiger partial charge in [0.15, 0.2) is 5.84 Å². The van der Waals surface area contributed by atoms with Crippen molar-refractivity contribution in [3.05, 3.63) is 106 Å². The zero-order valence-electron chi connectivity index (χ0n) is 20.4. The molecule has 38 heavy (non-hydrogen) atoms. The van der Waals surface area contributed by atoms with E-state index < -0.39 is 5.91 Å². The van der Waals surface area contributed by atoms with E-state index in [0.717, 1.165) is 33.3 Å². The summed E-state index contributed by atoms with van der Waals surface area (Å²) in [5.41, 5.74) is 4.18. The molecule has 0 unspecified atom stereocenters. The third kappa shape index (κ3) is 4.64. The predicted molar refractivity (Wildman–Crippen MR) is 154 cm³/mol. The van der Waals surface area contributed by atoms with Gasteiger partial charge in [-0.2, -0.15) is 15.1 Å². The Labute approximate surface area is 228 Å². The zero-order chi connectivity index (χ0) is 26.2. The standard InChI is InChI=1S/C29H22ClN5O2S/c1-18-6-2-5-9-25(18)37-17-26-33-35-27(31)23(28(36)32-29(35)38-26)14-20-16-34(24-8-4-3-7-22(20)24)15-19-10-12-21(30)13-11-19/h2-14,16,31H,15,17H2,1H3/b23-14-,31-27?. The minimum atomic E-state index is -0.459. The summed E-state index contributed by atoms with van der Waals surface area (Å²) in [6.07, 6.45) is 3.73. The number of thioether (sulfide) groups is 1. The third-order valence-corrected chi connectivity index (χ3v) is 7.46. The van der Waals surface area contributed by atoms with Crippen molar-refractivity contribution in [2.24, 2.45) is 10.1 Å². The van der Waals surface area contributed by atoms with Crippen molar-refractivity contribution < 1.29 is 9.53 Å². The molecule has 0 atom stereocenters. The lowest BCUT2D eigenvalue weighted by Gasteiger charge is -2.20. The van der Waals surface area contributed by atoms with Crippen LogP contribution in [0, 0.1) is 12.3 Å². The van der Waals surface area contributed by atoms with Crippen LogP contribution in [-0.2, 0) is 11.3 Å². The normalized spacial score (nSPS) is 16.2. The second-order valence-electron chi connectivity index (χ2n) is 8.92. The summed E-state index contributed by atoms with van der Waals surface area (Å²) in [7, 11) is 0. The Balaban J connectivity index is 1.28. The maximum absolute atomic E-state index is 13.0. The van der Waals surface area contributed by atoms with Crippen molar-refractivity contribution in [1.82, 2.24) is 9.58 Å². The minimum Gasteiger partial charge on any atom is -0.486 e. The molecule has 0 saturated carbocycles. The van der Waals surface area contributed by atoms with Crippen LogP contribution in [0.4, 0.5) is 0 Å². The van der Waals surface area contributed by atoms with Gasteiger partial charge in [0, 0.05) is 34.2 Å². The van der Waals surface area contributed by atoms with Gasteiger partial charge in [0.05, 0.1) is 5.57 Å². The number of hydrogen-bond acceptors (Lipinski definition) is 5. The molecule has 0 fully saturated rings. The van der Waals surface area contributed by atoms with Crippen molar-refractivity contribution in [2.75, 3.05) is 6.61 Å². The maximum atomic E-state index is 13.0. The van der Waals surface area contributed by atoms with Gasteiger partial charge in [-0.15, -0.1) is 0 Å². The highest BCUT2D eigenvalue weighted by Crippen LogP contribution is 2.31. The van der Waals surface area contributed by atoms with Gasteiger partial charge in [-0.25, -0.2) is 0 Å². The molecule has 6 rings (SSSR count). The Morgan fingerprint density at radius 3 is 2.63 bits per heavy atom. The number of benzene rings is 3. The molecule has 1 amide bonds. The van der Waals surface area contributed by atoms with Gasteiger partial charge in [-0.1, -0.05) is 60.1 Å². The number of rotatable bonds is 6. The summed E-state index contributed by atoms with van der Waals surface area (Å²) in [5, 5.41) is 17.4. The molecule has 4 aromatic rings. The van der Waals surface area contributed by atoms with Gasteiger partial charge in [0.1, 0.15) is 17.4 Å². The number of para-hydroxylation sites is 2. The maximum Gasteiger partial charge on any atom is 0.283 e. The monoisotopic (exact) mass is 539 g/mol. The number of nitrogens with zero attached hydrogens (tertiary/aromatic N) is 4. The topological polar surface area (TPSA) is 83.0 Å². The molecule has 0 saturated heterocycles. The van der Waals surface area contributed by atoms with E-state index in [2.05, 4.69) is 14.7 Å². The summed E-state index contributed by atoms with van der Waals surface area (Å²) in [6, 6.07) is 23.5. The number of hydrazone groups is 1. The molecular weight excluding hydrogens is 518 g/mol. The number of aliphatic imine (C=N–C) groups is 1. The third-order valence-electron chi connectivity index (χ3n) is 6.33. The molecule has 9 heteroatoms. The molecule has 0 aliphatic carbocycles. The predicted octanol–water partition coefficient (Wildman–Crippen LogP) is 6.35. The fourth-order valence-corrected chi connectivity index (χ4v) is 5.34. The highest BCUT2D eigenvalue weighted by Gasteiger charge is 2.36. The summed E-state index contributed by atoms with van der Waals surface area (Å²) >= 11 is 7.29. The van der Waals surface area contributed by atoms with E-state index in [1.54, 1.807) is 6.08 Å². The van der Waals surface area contributed by atoms with Crippen molar-refractivity contribution >= 4 is 62.3 Å². The van der Waals surface area contributed by atoms with Crippen molar-refractivity contribution in [1.29, 1.82) is 5.41 Å². The van der Waals surface area contributed by atoms with E-state index in [4.69, 9.17) is 21.7 Å².